The van der Waals surface area contributed by atoms with E-state index in [1.807, 2.05) is 13.8 Å². The molecule has 3 fully saturated rings. The minimum Gasteiger partial charge on any atom is -0.391 e. The molecule has 7 atom stereocenters. The molecule has 314 valence electrons. The molecule has 3 aliphatic rings. The highest BCUT2D eigenvalue weighted by Gasteiger charge is 2.77. The summed E-state index contributed by atoms with van der Waals surface area (Å²) < 4.78 is 80.8. The van der Waals surface area contributed by atoms with Gasteiger partial charge in [0.05, 0.1) is 0 Å². The van der Waals surface area contributed by atoms with Crippen LogP contribution in [0.3, 0.4) is 0 Å². The molecule has 0 aromatic heterocycles. The summed E-state index contributed by atoms with van der Waals surface area (Å²) in [6.45, 7) is 29.9. The van der Waals surface area contributed by atoms with Crippen molar-refractivity contribution in [1.29, 1.82) is 0 Å². The van der Waals surface area contributed by atoms with Crippen LogP contribution in [0.1, 0.15) is 103 Å². The van der Waals surface area contributed by atoms with Gasteiger partial charge in [0.1, 0.15) is 0 Å². The zero-order valence-corrected chi connectivity index (χ0v) is 43.4. The molecule has 7 unspecified atom stereocenters. The lowest BCUT2D eigenvalue weighted by Crippen LogP contribution is -2.83. The van der Waals surface area contributed by atoms with E-state index in [2.05, 4.69) is 83.1 Å². The number of fused-ring (bicyclic) bond motifs is 3. The fourth-order valence-electron chi connectivity index (χ4n) is 7.06. The molecule has 3 rings (SSSR count). The molecule has 3 N–H and O–H groups in total. The standard InChI is InChI=1S/C32H75NO12SSi7/c1-26(2)19-46-36-50(22-29(7)8)40-48(18-16-17-33)39-49(35-15,21-28(5)6)42-51(23-30(9)10)37-47(34,20-27(3)4)38-52(43-50,24-31(11)12)45-53(41-48,44-51)25-32(13)14/h26-32,34H,16-25,33H2,1-15H3. The number of hydrogen-bond acceptors (Lipinski definition) is 14. The summed E-state index contributed by atoms with van der Waals surface area (Å²) in [4.78, 5) is 13.0. The van der Waals surface area contributed by atoms with Crippen molar-refractivity contribution in [1.82, 2.24) is 0 Å². The second-order valence-corrected chi connectivity index (χ2v) is 39.7. The minimum atomic E-state index is -4.24. The number of nitrogens with two attached hydrogens (primary N) is 1. The minimum absolute atomic E-state index is 0.0109. The van der Waals surface area contributed by atoms with Gasteiger partial charge in [-0.05, 0) is 66.4 Å². The number of rotatable bonds is 20. The molecule has 3 aliphatic heterocycles. The first kappa shape index (κ1) is 48.7. The Labute approximate surface area is 334 Å². The van der Waals surface area contributed by atoms with E-state index in [9.17, 15) is 4.80 Å². The maximum atomic E-state index is 13.0. The Morgan fingerprint density at radius 3 is 1.28 bits per heavy atom. The van der Waals surface area contributed by atoms with Crippen molar-refractivity contribution in [3.8, 4) is 0 Å². The summed E-state index contributed by atoms with van der Waals surface area (Å²) in [6.07, 6.45) is 0.552. The molecule has 0 aromatic carbocycles. The van der Waals surface area contributed by atoms with E-state index in [1.54, 1.807) is 7.11 Å². The van der Waals surface area contributed by atoms with Gasteiger partial charge in [0.2, 0.25) is 0 Å². The summed E-state index contributed by atoms with van der Waals surface area (Å²) in [7, 11) is -26.4. The smallest absolute Gasteiger partial charge is 0.391 e. The van der Waals surface area contributed by atoms with Crippen LogP contribution in [0.15, 0.2) is 0 Å². The third-order valence-corrected chi connectivity index (χ3v) is 42.6. The molecule has 13 nitrogen and oxygen atoms in total. The van der Waals surface area contributed by atoms with E-state index in [-0.39, 0.29) is 41.6 Å². The van der Waals surface area contributed by atoms with Crippen LogP contribution in [0.4, 0.5) is 0 Å². The van der Waals surface area contributed by atoms with Crippen molar-refractivity contribution in [2.24, 2.45) is 47.2 Å². The van der Waals surface area contributed by atoms with E-state index in [1.165, 1.54) is 12.0 Å². The highest BCUT2D eigenvalue weighted by atomic mass is 32.2. The van der Waals surface area contributed by atoms with Gasteiger partial charge in [0.15, 0.2) is 0 Å². The summed E-state index contributed by atoms with van der Waals surface area (Å²) in [5.41, 5.74) is 6.25. The Hall–Kier alpha value is 1.35. The Balaban J connectivity index is 2.59. The molecular weight excluding hydrogens is 819 g/mol. The topological polar surface area (TPSA) is 148 Å². The van der Waals surface area contributed by atoms with Crippen molar-refractivity contribution >= 4 is 73.7 Å². The highest BCUT2D eigenvalue weighted by molar-refractivity contribution is 7.95. The van der Waals surface area contributed by atoms with Gasteiger partial charge in [0, 0.05) is 55.2 Å². The Morgan fingerprint density at radius 2 is 0.868 bits per heavy atom. The average molecular weight is 895 g/mol. The molecule has 0 aliphatic carbocycles. The molecule has 4 bridgehead atoms. The van der Waals surface area contributed by atoms with Gasteiger partial charge in [-0.25, -0.2) is 0 Å². The second kappa shape index (κ2) is 19.6. The van der Waals surface area contributed by atoms with Crippen molar-refractivity contribution < 1.29 is 50.1 Å². The van der Waals surface area contributed by atoms with Gasteiger partial charge in [0.25, 0.3) is 0 Å². The lowest BCUT2D eigenvalue weighted by molar-refractivity contribution is 0.00297. The van der Waals surface area contributed by atoms with Gasteiger partial charge < -0.3 is 55.9 Å². The van der Waals surface area contributed by atoms with Crippen molar-refractivity contribution in [3.05, 3.63) is 0 Å². The molecule has 0 aromatic rings. The van der Waals surface area contributed by atoms with E-state index in [4.69, 9.17) is 51.1 Å². The average Bonchev–Trinajstić information content (AvgIpc) is 2.90. The summed E-state index contributed by atoms with van der Waals surface area (Å²) in [5.74, 6) is 1.43. The Kier molecular flexibility index (Phi) is 18.0. The van der Waals surface area contributed by atoms with Crippen LogP contribution in [-0.2, 0) is 45.3 Å². The van der Waals surface area contributed by atoms with Gasteiger partial charge in [-0.1, -0.05) is 96.9 Å². The SMILES string of the molecule is CO[Si]1(CC(C)C)O[Si]2(CC(C)C)O[Si](O)(CC(C)C)O[Si]3(CC(C)C)O[Si](CC(C)C)(OSCC(C)C)O[Si](CCCN)(O1)O[Si](CC(C)C)(O2)O3. The molecule has 53 heavy (non-hydrogen) atoms. The third-order valence-electron chi connectivity index (χ3n) is 8.35. The predicted octanol–water partition coefficient (Wildman–Crippen LogP) is 7.99. The van der Waals surface area contributed by atoms with Crippen LogP contribution in [-0.4, -0.2) is 85.8 Å². The van der Waals surface area contributed by atoms with Gasteiger partial charge in [-0.15, -0.1) is 0 Å². The predicted molar refractivity (Wildman–Crippen MR) is 224 cm³/mol. The molecule has 0 saturated carbocycles. The number of hydrogen-bond donors (Lipinski definition) is 2. The molecule has 21 heteroatoms. The summed E-state index contributed by atoms with van der Waals surface area (Å²) in [6, 6.07) is 2.64. The zero-order chi connectivity index (χ0) is 40.1. The van der Waals surface area contributed by atoms with Crippen molar-refractivity contribution in [2.75, 3.05) is 19.4 Å². The summed E-state index contributed by atoms with van der Waals surface area (Å²) in [5, 5.41) is 0. The normalized spacial score (nSPS) is 36.9. The van der Waals surface area contributed by atoms with Crippen LogP contribution in [0.25, 0.3) is 0 Å². The fraction of sp³-hybridized carbons (Fsp3) is 1.00. The maximum Gasteiger partial charge on any atom is 0.497 e. The third kappa shape index (κ3) is 14.0. The summed E-state index contributed by atoms with van der Waals surface area (Å²) >= 11 is 1.34. The van der Waals surface area contributed by atoms with Crippen LogP contribution in [0.2, 0.25) is 42.3 Å². The van der Waals surface area contributed by atoms with Crippen molar-refractivity contribution in [3.63, 3.8) is 0 Å². The first-order chi connectivity index (χ1) is 24.4. The van der Waals surface area contributed by atoms with Crippen LogP contribution in [0.5, 0.6) is 0 Å². The first-order valence-electron chi connectivity index (χ1n) is 20.0. The largest absolute Gasteiger partial charge is 0.497 e. The molecule has 3 heterocycles. The molecule has 0 spiro atoms. The fourth-order valence-corrected chi connectivity index (χ4v) is 48.5. The van der Waals surface area contributed by atoms with Crippen LogP contribution < -0.4 is 5.73 Å². The van der Waals surface area contributed by atoms with E-state index >= 15 is 0 Å². The Morgan fingerprint density at radius 1 is 0.491 bits per heavy atom. The van der Waals surface area contributed by atoms with Crippen LogP contribution >= 0.6 is 12.0 Å². The van der Waals surface area contributed by atoms with E-state index in [0.29, 0.717) is 60.9 Å². The van der Waals surface area contributed by atoms with Gasteiger partial charge in [-0.2, -0.15) is 0 Å². The molecule has 0 radical (unpaired) electrons. The zero-order valence-electron chi connectivity index (χ0n) is 35.5. The van der Waals surface area contributed by atoms with E-state index < -0.39 is 61.6 Å². The van der Waals surface area contributed by atoms with Gasteiger partial charge >= 0.3 is 61.6 Å². The second-order valence-electron chi connectivity index (χ2n) is 18.2. The lowest BCUT2D eigenvalue weighted by Gasteiger charge is -2.58. The molecular formula is C32H75NO12SSi7. The molecule has 3 saturated heterocycles. The monoisotopic (exact) mass is 893 g/mol. The highest BCUT2D eigenvalue weighted by Crippen LogP contribution is 2.50. The van der Waals surface area contributed by atoms with Crippen LogP contribution in [0, 0.1) is 41.4 Å². The Bertz CT molecular complexity index is 1160. The molecule has 0 amide bonds. The van der Waals surface area contributed by atoms with Crippen molar-refractivity contribution in [2.45, 2.75) is 146 Å². The maximum absolute atomic E-state index is 13.0. The first-order valence-corrected chi connectivity index (χ1v) is 34.5. The van der Waals surface area contributed by atoms with E-state index in [0.717, 1.165) is 0 Å². The lowest BCUT2D eigenvalue weighted by atomic mass is 10.3. The quantitative estimate of drug-likeness (QED) is 0.0899. The van der Waals surface area contributed by atoms with Gasteiger partial charge in [-0.3, -0.25) is 0 Å².